The molecule has 0 saturated heterocycles. The van der Waals surface area contributed by atoms with Crippen LogP contribution >= 0.6 is 0 Å². The van der Waals surface area contributed by atoms with Crippen LogP contribution < -0.4 is 26.8 Å². The van der Waals surface area contributed by atoms with Crippen molar-refractivity contribution in [2.75, 3.05) is 17.9 Å². The van der Waals surface area contributed by atoms with E-state index in [4.69, 9.17) is 25.9 Å². The number of aromatic amines is 1. The van der Waals surface area contributed by atoms with Crippen LogP contribution in [0.2, 0.25) is 0 Å². The third-order valence-electron chi connectivity index (χ3n) is 4.43. The van der Waals surface area contributed by atoms with E-state index in [9.17, 15) is 31.2 Å². The van der Waals surface area contributed by atoms with E-state index in [0.29, 0.717) is 5.69 Å². The molecule has 0 spiro atoms. The first kappa shape index (κ1) is 31.9. The van der Waals surface area contributed by atoms with E-state index in [0.717, 1.165) is 12.0 Å². The van der Waals surface area contributed by atoms with Gasteiger partial charge in [-0.15, -0.1) is 0 Å². The van der Waals surface area contributed by atoms with E-state index in [2.05, 4.69) is 20.5 Å². The van der Waals surface area contributed by atoms with Gasteiger partial charge in [-0.2, -0.15) is 13.2 Å². The van der Waals surface area contributed by atoms with Crippen LogP contribution in [0.5, 0.6) is 0 Å². The van der Waals surface area contributed by atoms with Gasteiger partial charge >= 0.3 is 12.1 Å². The number of aryl methyl sites for hydroxylation is 2. The average Bonchev–Trinajstić information content (AvgIpc) is 2.80. The van der Waals surface area contributed by atoms with Gasteiger partial charge in [0.25, 0.3) is 15.6 Å². The van der Waals surface area contributed by atoms with Gasteiger partial charge in [-0.05, 0) is 42.7 Å². The number of pyridine rings is 1. The predicted octanol–water partition coefficient (Wildman–Crippen LogP) is 0.753. The summed E-state index contributed by atoms with van der Waals surface area (Å²) >= 11 is 0. The highest BCUT2D eigenvalue weighted by Gasteiger charge is 2.38. The Bertz CT molecular complexity index is 1300. The second-order valence-electron chi connectivity index (χ2n) is 7.48. The lowest BCUT2D eigenvalue weighted by Crippen LogP contribution is -2.35. The number of carboxylic acids is 1. The Morgan fingerprint density at radius 1 is 1.21 bits per heavy atom. The largest absolute Gasteiger partial charge is 0.490 e. The quantitative estimate of drug-likeness (QED) is 0.0936. The maximum absolute atomic E-state index is 12.8. The summed E-state index contributed by atoms with van der Waals surface area (Å²) in [6, 6.07) is 7.86. The SMILES string of the molecule is CCc1ccc(S(=O)(=O)Nc2c(CC(=O)NCCONC(=N)N)cc(C)[nH]c2=O)cc1.O=C(O)C(F)(F)F. The Hall–Kier alpha value is -4.12. The van der Waals surface area contributed by atoms with Crippen LogP contribution in [0.4, 0.5) is 18.9 Å². The topological polar surface area (TPSA) is 217 Å². The Morgan fingerprint density at radius 3 is 2.29 bits per heavy atom. The number of sulfonamides is 1. The number of carboxylic acid groups (broad SMARTS) is 1. The molecular formula is C21H27F3N6O7S. The first-order valence-electron chi connectivity index (χ1n) is 10.7. The first-order valence-corrected chi connectivity index (χ1v) is 12.2. The molecule has 17 heteroatoms. The van der Waals surface area contributed by atoms with Crippen molar-refractivity contribution in [1.82, 2.24) is 15.8 Å². The number of hydrogen-bond donors (Lipinski definition) is 7. The molecule has 2 rings (SSSR count). The highest BCUT2D eigenvalue weighted by molar-refractivity contribution is 7.92. The minimum absolute atomic E-state index is 0.00944. The van der Waals surface area contributed by atoms with Gasteiger partial charge in [-0.1, -0.05) is 19.1 Å². The van der Waals surface area contributed by atoms with E-state index in [1.807, 2.05) is 6.92 Å². The zero-order valence-corrected chi connectivity index (χ0v) is 21.0. The van der Waals surface area contributed by atoms with Gasteiger partial charge in [-0.25, -0.2) is 18.7 Å². The fourth-order valence-electron chi connectivity index (χ4n) is 2.71. The number of halogens is 3. The molecule has 1 aromatic heterocycles. The lowest BCUT2D eigenvalue weighted by atomic mass is 10.1. The van der Waals surface area contributed by atoms with Gasteiger partial charge in [0.15, 0.2) is 0 Å². The number of aliphatic carboxylic acids is 1. The van der Waals surface area contributed by atoms with E-state index >= 15 is 0 Å². The molecule has 38 heavy (non-hydrogen) atoms. The van der Waals surface area contributed by atoms with Gasteiger partial charge < -0.3 is 21.1 Å². The van der Waals surface area contributed by atoms with Crippen molar-refractivity contribution in [3.05, 3.63) is 57.5 Å². The van der Waals surface area contributed by atoms with E-state index in [-0.39, 0.29) is 41.7 Å². The molecule has 0 unspecified atom stereocenters. The Kier molecular flexibility index (Phi) is 11.7. The minimum Gasteiger partial charge on any atom is -0.475 e. The van der Waals surface area contributed by atoms with Crippen LogP contribution in [-0.4, -0.2) is 55.7 Å². The standard InChI is InChI=1S/C19H26N6O5S.C2HF3O2/c1-3-13-4-6-15(7-5-13)31(28,29)25-17-14(10-12(2)23-18(17)27)11-16(26)22-8-9-30-24-19(20)21;3-2(4,5)1(6)7/h4-7,10,25H,3,8-9,11H2,1-2H3,(H,22,26)(H,23,27)(H4,20,21,24);(H,6,7). The number of anilines is 1. The number of rotatable bonds is 10. The number of hydrogen-bond acceptors (Lipinski definition) is 7. The predicted molar refractivity (Wildman–Crippen MR) is 130 cm³/mol. The van der Waals surface area contributed by atoms with Crippen molar-refractivity contribution in [3.8, 4) is 0 Å². The van der Waals surface area contributed by atoms with Crippen LogP contribution in [0.25, 0.3) is 0 Å². The molecule has 0 aliphatic carbocycles. The number of nitrogens with one attached hydrogen (secondary N) is 5. The molecule has 1 heterocycles. The van der Waals surface area contributed by atoms with Gasteiger partial charge in [0.2, 0.25) is 11.9 Å². The summed E-state index contributed by atoms with van der Waals surface area (Å²) in [5.74, 6) is -3.57. The summed E-state index contributed by atoms with van der Waals surface area (Å²) < 4.78 is 59.6. The average molecular weight is 565 g/mol. The van der Waals surface area contributed by atoms with E-state index < -0.39 is 33.6 Å². The van der Waals surface area contributed by atoms with Crippen molar-refractivity contribution >= 4 is 33.5 Å². The number of hydroxylamine groups is 1. The van der Waals surface area contributed by atoms with E-state index in [1.165, 1.54) is 18.2 Å². The van der Waals surface area contributed by atoms with Crippen molar-refractivity contribution in [3.63, 3.8) is 0 Å². The van der Waals surface area contributed by atoms with Crippen LogP contribution in [0, 0.1) is 12.3 Å². The smallest absolute Gasteiger partial charge is 0.475 e. The fraction of sp³-hybridized carbons (Fsp3) is 0.333. The molecule has 1 aromatic carbocycles. The summed E-state index contributed by atoms with van der Waals surface area (Å²) in [5, 5.41) is 16.6. The number of aromatic nitrogens is 1. The van der Waals surface area contributed by atoms with Gasteiger partial charge in [0.1, 0.15) is 5.69 Å². The van der Waals surface area contributed by atoms with Gasteiger partial charge in [0, 0.05) is 12.2 Å². The Morgan fingerprint density at radius 2 is 1.79 bits per heavy atom. The highest BCUT2D eigenvalue weighted by Crippen LogP contribution is 2.19. The molecule has 1 amide bonds. The molecule has 0 aliphatic rings. The summed E-state index contributed by atoms with van der Waals surface area (Å²) in [6.07, 6.45) is -4.54. The molecule has 0 radical (unpaired) electrons. The summed E-state index contributed by atoms with van der Waals surface area (Å²) in [7, 11) is -4.03. The lowest BCUT2D eigenvalue weighted by molar-refractivity contribution is -0.192. The fourth-order valence-corrected chi connectivity index (χ4v) is 3.82. The number of carbonyl (C=O) groups is 2. The van der Waals surface area contributed by atoms with Crippen molar-refractivity contribution in [2.24, 2.45) is 5.73 Å². The first-order chi connectivity index (χ1) is 17.6. The molecule has 13 nitrogen and oxygen atoms in total. The molecule has 0 saturated carbocycles. The Balaban J connectivity index is 0.000000905. The second kappa shape index (κ2) is 14.0. The zero-order valence-electron chi connectivity index (χ0n) is 20.2. The maximum Gasteiger partial charge on any atom is 0.490 e. The van der Waals surface area contributed by atoms with Crippen LogP contribution in [0.3, 0.4) is 0 Å². The highest BCUT2D eigenvalue weighted by atomic mass is 32.2. The number of carbonyl (C=O) groups excluding carboxylic acids is 1. The third kappa shape index (κ3) is 10.9. The van der Waals surface area contributed by atoms with Gasteiger partial charge in [0.05, 0.1) is 17.9 Å². The molecular weight excluding hydrogens is 537 g/mol. The monoisotopic (exact) mass is 564 g/mol. The zero-order chi connectivity index (χ0) is 29.1. The Labute approximate surface area is 215 Å². The molecule has 0 atom stereocenters. The molecule has 2 aromatic rings. The van der Waals surface area contributed by atoms with Crippen molar-refractivity contribution in [2.45, 2.75) is 37.8 Å². The molecule has 0 fully saturated rings. The van der Waals surface area contributed by atoms with Gasteiger partial charge in [-0.3, -0.25) is 24.6 Å². The lowest BCUT2D eigenvalue weighted by Gasteiger charge is -2.13. The number of amides is 1. The minimum atomic E-state index is -5.08. The number of alkyl halides is 3. The van der Waals surface area contributed by atoms with Crippen LogP contribution in [0.15, 0.2) is 40.0 Å². The van der Waals surface area contributed by atoms with Crippen molar-refractivity contribution < 1.29 is 41.1 Å². The molecule has 8 N–H and O–H groups in total. The summed E-state index contributed by atoms with van der Waals surface area (Å²) in [6.45, 7) is 3.75. The van der Waals surface area contributed by atoms with E-state index in [1.54, 1.807) is 19.1 Å². The molecule has 0 bridgehead atoms. The van der Waals surface area contributed by atoms with Crippen LogP contribution in [-0.2, 0) is 37.3 Å². The normalized spacial score (nSPS) is 11.1. The third-order valence-corrected chi connectivity index (χ3v) is 5.80. The van der Waals surface area contributed by atoms with Crippen LogP contribution in [0.1, 0.15) is 23.7 Å². The molecule has 210 valence electrons. The summed E-state index contributed by atoms with van der Waals surface area (Å²) in [5.41, 5.74) is 8.02. The van der Waals surface area contributed by atoms with Crippen molar-refractivity contribution in [1.29, 1.82) is 5.41 Å². The number of benzene rings is 1. The maximum atomic E-state index is 12.8. The number of H-pyrrole nitrogens is 1. The summed E-state index contributed by atoms with van der Waals surface area (Å²) in [4.78, 5) is 41.0. The number of guanidine groups is 1. The molecule has 0 aliphatic heterocycles. The number of nitrogens with two attached hydrogens (primary N) is 1. The second-order valence-corrected chi connectivity index (χ2v) is 9.16.